The molecule has 0 bridgehead atoms. The predicted octanol–water partition coefficient (Wildman–Crippen LogP) is 1.40. The summed E-state index contributed by atoms with van der Waals surface area (Å²) < 4.78 is 5.58. The second kappa shape index (κ2) is 5.88. The van der Waals surface area contributed by atoms with E-state index in [1.54, 1.807) is 0 Å². The summed E-state index contributed by atoms with van der Waals surface area (Å²) in [6.07, 6.45) is 0.636. The molecule has 6 heteroatoms. The Morgan fingerprint density at radius 2 is 2.10 bits per heavy atom. The summed E-state index contributed by atoms with van der Waals surface area (Å²) in [4.78, 5) is 19.9. The van der Waals surface area contributed by atoms with Crippen molar-refractivity contribution in [2.75, 3.05) is 6.54 Å². The fourth-order valence-electron chi connectivity index (χ4n) is 2.32. The zero-order valence-electron chi connectivity index (χ0n) is 11.4. The first kappa shape index (κ1) is 13.5. The molecule has 0 aliphatic carbocycles. The van der Waals surface area contributed by atoms with Crippen LogP contribution in [0.1, 0.15) is 27.6 Å². The van der Waals surface area contributed by atoms with Gasteiger partial charge in [-0.05, 0) is 25.1 Å². The van der Waals surface area contributed by atoms with Crippen molar-refractivity contribution in [2.24, 2.45) is 0 Å². The lowest BCUT2D eigenvalue weighted by Crippen LogP contribution is -2.28. The topological polar surface area (TPSA) is 84.3 Å². The van der Waals surface area contributed by atoms with Gasteiger partial charge in [-0.3, -0.25) is 0 Å². The molecule has 3 rings (SSSR count). The number of hydrogen-bond donors (Lipinski definition) is 2. The number of fused-ring (bicyclic) bond motifs is 1. The zero-order chi connectivity index (χ0) is 14.7. The molecule has 1 aliphatic heterocycles. The van der Waals surface area contributed by atoms with Crippen LogP contribution in [0.25, 0.3) is 0 Å². The van der Waals surface area contributed by atoms with Crippen LogP contribution in [0.15, 0.2) is 30.3 Å². The molecule has 1 aliphatic rings. The fraction of sp³-hybridized carbons (Fsp3) is 0.267. The normalized spacial score (nSPS) is 13.5. The molecule has 0 unspecified atom stereocenters. The lowest BCUT2D eigenvalue weighted by atomic mass is 10.0. The van der Waals surface area contributed by atoms with Gasteiger partial charge in [-0.25, -0.2) is 14.8 Å². The molecule has 0 spiro atoms. The molecular weight excluding hydrogens is 270 g/mol. The molecule has 0 fully saturated rings. The first-order valence-electron chi connectivity index (χ1n) is 6.74. The fourth-order valence-corrected chi connectivity index (χ4v) is 2.32. The third kappa shape index (κ3) is 3.00. The van der Waals surface area contributed by atoms with Gasteiger partial charge in [0, 0.05) is 12.1 Å². The minimum absolute atomic E-state index is 0.0909. The van der Waals surface area contributed by atoms with Crippen LogP contribution in [0, 0.1) is 0 Å². The van der Waals surface area contributed by atoms with Crippen molar-refractivity contribution in [3.8, 4) is 5.75 Å². The summed E-state index contributed by atoms with van der Waals surface area (Å²) >= 11 is 0. The van der Waals surface area contributed by atoms with E-state index in [2.05, 4.69) is 15.3 Å². The molecule has 2 heterocycles. The molecule has 6 nitrogen and oxygen atoms in total. The smallest absolute Gasteiger partial charge is 0.354 e. The monoisotopic (exact) mass is 285 g/mol. The number of aromatic carboxylic acids is 1. The van der Waals surface area contributed by atoms with Gasteiger partial charge in [-0.2, -0.15) is 0 Å². The minimum Gasteiger partial charge on any atom is -0.486 e. The number of aromatic nitrogens is 2. The van der Waals surface area contributed by atoms with Gasteiger partial charge < -0.3 is 15.2 Å². The van der Waals surface area contributed by atoms with Crippen molar-refractivity contribution in [1.29, 1.82) is 0 Å². The van der Waals surface area contributed by atoms with Gasteiger partial charge in [0.1, 0.15) is 12.4 Å². The summed E-state index contributed by atoms with van der Waals surface area (Å²) in [5, 5.41) is 12.5. The van der Waals surface area contributed by atoms with Crippen LogP contribution in [-0.2, 0) is 19.6 Å². The molecule has 0 saturated carbocycles. The van der Waals surface area contributed by atoms with E-state index in [1.165, 1.54) is 0 Å². The van der Waals surface area contributed by atoms with Gasteiger partial charge in [0.05, 0.1) is 5.69 Å². The van der Waals surface area contributed by atoms with Gasteiger partial charge >= 0.3 is 5.97 Å². The van der Waals surface area contributed by atoms with Crippen LogP contribution in [0.4, 0.5) is 0 Å². The van der Waals surface area contributed by atoms with Gasteiger partial charge in [-0.1, -0.05) is 18.2 Å². The van der Waals surface area contributed by atoms with Crippen molar-refractivity contribution >= 4 is 5.97 Å². The second-order valence-electron chi connectivity index (χ2n) is 4.75. The number of ether oxygens (including phenoxy) is 1. The first-order chi connectivity index (χ1) is 10.2. The van der Waals surface area contributed by atoms with Crippen molar-refractivity contribution < 1.29 is 14.6 Å². The van der Waals surface area contributed by atoms with Crippen molar-refractivity contribution in [2.45, 2.75) is 19.6 Å². The Bertz CT molecular complexity index is 659. The average Bonchev–Trinajstić information content (AvgIpc) is 2.53. The molecule has 0 radical (unpaired) electrons. The number of rotatable bonds is 4. The highest BCUT2D eigenvalue weighted by molar-refractivity contribution is 5.87. The summed E-state index contributed by atoms with van der Waals surface area (Å²) in [6, 6.07) is 9.30. The van der Waals surface area contributed by atoms with E-state index in [1.807, 2.05) is 30.3 Å². The van der Waals surface area contributed by atoms with E-state index in [9.17, 15) is 9.90 Å². The van der Waals surface area contributed by atoms with Gasteiger partial charge in [-0.15, -0.1) is 0 Å². The van der Waals surface area contributed by atoms with Crippen LogP contribution in [0.3, 0.4) is 0 Å². The lowest BCUT2D eigenvalue weighted by molar-refractivity contribution is 0.0687. The molecule has 21 heavy (non-hydrogen) atoms. The summed E-state index contributed by atoms with van der Waals surface area (Å²) in [6.45, 7) is 1.46. The molecule has 1 aromatic carbocycles. The van der Waals surface area contributed by atoms with E-state index in [0.29, 0.717) is 24.5 Å². The largest absolute Gasteiger partial charge is 0.486 e. The molecular formula is C15H15N3O3. The highest BCUT2D eigenvalue weighted by atomic mass is 16.5. The summed E-state index contributed by atoms with van der Waals surface area (Å²) in [5.74, 6) is 0.0732. The Labute approximate surface area is 121 Å². The van der Waals surface area contributed by atoms with Crippen LogP contribution >= 0.6 is 0 Å². The molecule has 0 amide bonds. The first-order valence-corrected chi connectivity index (χ1v) is 6.74. The highest BCUT2D eigenvalue weighted by Crippen LogP contribution is 2.17. The molecule has 0 atom stereocenters. The third-order valence-electron chi connectivity index (χ3n) is 3.30. The van der Waals surface area contributed by atoms with E-state index >= 15 is 0 Å². The Morgan fingerprint density at radius 3 is 2.86 bits per heavy atom. The Hall–Kier alpha value is -2.47. The molecule has 108 valence electrons. The van der Waals surface area contributed by atoms with Crippen molar-refractivity contribution in [3.63, 3.8) is 0 Å². The minimum atomic E-state index is -1.02. The maximum Gasteiger partial charge on any atom is 0.354 e. The number of carboxylic acid groups (broad SMARTS) is 1. The third-order valence-corrected chi connectivity index (χ3v) is 3.30. The number of hydrogen-bond acceptors (Lipinski definition) is 5. The number of nitrogens with one attached hydrogen (secondary N) is 1. The van der Waals surface area contributed by atoms with Gasteiger partial charge in [0.25, 0.3) is 0 Å². The SMILES string of the molecule is O=C(O)c1nc(COc2ccccc2)nc2c1CCNC2. The Balaban J connectivity index is 1.85. The standard InChI is InChI=1S/C15H15N3O3/c19-15(20)14-11-6-7-16-8-12(11)17-13(18-14)9-21-10-4-2-1-3-5-10/h1-5,16H,6-9H2,(H,19,20). The second-order valence-corrected chi connectivity index (χ2v) is 4.75. The predicted molar refractivity (Wildman–Crippen MR) is 75.2 cm³/mol. The quantitative estimate of drug-likeness (QED) is 0.883. The van der Waals surface area contributed by atoms with Crippen LogP contribution in [-0.4, -0.2) is 27.6 Å². The van der Waals surface area contributed by atoms with Crippen molar-refractivity contribution in [1.82, 2.24) is 15.3 Å². The maximum atomic E-state index is 11.3. The maximum absolute atomic E-state index is 11.3. The summed E-state index contributed by atoms with van der Waals surface area (Å²) in [7, 11) is 0. The summed E-state index contributed by atoms with van der Waals surface area (Å²) in [5.41, 5.74) is 1.57. The number of carbonyl (C=O) groups is 1. The highest BCUT2D eigenvalue weighted by Gasteiger charge is 2.21. The molecule has 2 N–H and O–H groups in total. The molecule has 2 aromatic rings. The number of benzene rings is 1. The van der Waals surface area contributed by atoms with Crippen molar-refractivity contribution in [3.05, 3.63) is 53.1 Å². The van der Waals surface area contributed by atoms with E-state index in [-0.39, 0.29) is 12.3 Å². The van der Waals surface area contributed by atoms with Crippen LogP contribution in [0.2, 0.25) is 0 Å². The van der Waals surface area contributed by atoms with E-state index in [0.717, 1.165) is 17.8 Å². The van der Waals surface area contributed by atoms with Crippen LogP contribution in [0.5, 0.6) is 5.75 Å². The van der Waals surface area contributed by atoms with Gasteiger partial charge in [0.2, 0.25) is 0 Å². The zero-order valence-corrected chi connectivity index (χ0v) is 11.4. The van der Waals surface area contributed by atoms with E-state index in [4.69, 9.17) is 4.74 Å². The van der Waals surface area contributed by atoms with E-state index < -0.39 is 5.97 Å². The van der Waals surface area contributed by atoms with Gasteiger partial charge in [0.15, 0.2) is 11.5 Å². The molecule has 1 aromatic heterocycles. The average molecular weight is 285 g/mol. The lowest BCUT2D eigenvalue weighted by Gasteiger charge is -2.18. The van der Waals surface area contributed by atoms with Crippen LogP contribution < -0.4 is 10.1 Å². The number of para-hydroxylation sites is 1. The number of carboxylic acids is 1. The molecule has 0 saturated heterocycles. The Kier molecular flexibility index (Phi) is 3.79. The number of nitrogens with zero attached hydrogens (tertiary/aromatic N) is 2. The Morgan fingerprint density at radius 1 is 1.29 bits per heavy atom.